The number of amides is 2. The van der Waals surface area contributed by atoms with Gasteiger partial charge >= 0.3 is 17.8 Å². The molecule has 0 aromatic heterocycles. The van der Waals surface area contributed by atoms with Crippen molar-refractivity contribution in [2.24, 2.45) is 11.8 Å². The molecule has 27 heavy (non-hydrogen) atoms. The molecule has 1 aromatic carbocycles. The Morgan fingerprint density at radius 2 is 1.74 bits per heavy atom. The fourth-order valence-electron chi connectivity index (χ4n) is 3.18. The lowest BCUT2D eigenvalue weighted by molar-refractivity contribution is -0.161. The van der Waals surface area contributed by atoms with Crippen LogP contribution in [0.2, 0.25) is 0 Å². The third-order valence-corrected chi connectivity index (χ3v) is 4.52. The Balaban J connectivity index is 1.96. The number of nitrogens with one attached hydrogen (secondary N) is 2. The fourth-order valence-corrected chi connectivity index (χ4v) is 3.18. The number of carbonyl (C=O) groups is 3. The van der Waals surface area contributed by atoms with Crippen molar-refractivity contribution in [1.82, 2.24) is 5.43 Å². The molecule has 0 atom stereocenters. The van der Waals surface area contributed by atoms with Gasteiger partial charge in [-0.1, -0.05) is 6.07 Å². The van der Waals surface area contributed by atoms with Gasteiger partial charge in [-0.2, -0.15) is 0 Å². The molecule has 1 fully saturated rings. The Bertz CT molecular complexity index is 722. The Hall–Kier alpha value is -2.48. The van der Waals surface area contributed by atoms with Crippen LogP contribution in [0.1, 0.15) is 57.9 Å². The lowest BCUT2D eigenvalue weighted by Crippen LogP contribution is -2.39. The lowest BCUT2D eigenvalue weighted by atomic mass is 9.78. The van der Waals surface area contributed by atoms with Gasteiger partial charge in [-0.15, -0.1) is 0 Å². The number of esters is 1. The highest BCUT2D eigenvalue weighted by atomic mass is 19.1. The minimum absolute atomic E-state index is 0.0882. The van der Waals surface area contributed by atoms with Crippen LogP contribution in [-0.2, 0) is 19.1 Å². The van der Waals surface area contributed by atoms with Crippen molar-refractivity contribution >= 4 is 23.5 Å². The molecule has 2 amide bonds. The highest BCUT2D eigenvalue weighted by Gasteiger charge is 2.30. The SMILES string of the molecule is CC(C)(C)OC(=O)[C@H]1CC[C@@H](c2ccc(NC(=O)C(=O)NN)c(F)c2)CC1. The average molecular weight is 379 g/mol. The smallest absolute Gasteiger partial charge is 0.323 e. The van der Waals surface area contributed by atoms with E-state index in [4.69, 9.17) is 10.6 Å². The highest BCUT2D eigenvalue weighted by Crippen LogP contribution is 2.37. The standard InChI is InChI=1S/C19H26FN3O4/c1-19(2,3)27-18(26)12-6-4-11(5-7-12)13-8-9-15(14(20)10-13)22-16(24)17(25)23-21/h8-12H,4-7,21H2,1-3H3,(H,22,24)(H,23,25)/t11-,12+. The first-order chi connectivity index (χ1) is 12.6. The Morgan fingerprint density at radius 3 is 2.26 bits per heavy atom. The topological polar surface area (TPSA) is 111 Å². The van der Waals surface area contributed by atoms with Gasteiger partial charge in [0, 0.05) is 0 Å². The third kappa shape index (κ3) is 5.75. The van der Waals surface area contributed by atoms with E-state index in [2.05, 4.69) is 5.32 Å². The molecule has 2 rings (SSSR count). The number of hydrogen-bond acceptors (Lipinski definition) is 5. The van der Waals surface area contributed by atoms with E-state index in [-0.39, 0.29) is 23.5 Å². The van der Waals surface area contributed by atoms with E-state index in [9.17, 15) is 18.8 Å². The first kappa shape index (κ1) is 20.8. The summed E-state index contributed by atoms with van der Waals surface area (Å²) in [5, 5.41) is 2.17. The van der Waals surface area contributed by atoms with Gasteiger partial charge in [0.15, 0.2) is 0 Å². The van der Waals surface area contributed by atoms with E-state index in [0.717, 1.165) is 18.4 Å². The molecule has 0 bridgehead atoms. The molecule has 0 radical (unpaired) electrons. The summed E-state index contributed by atoms with van der Waals surface area (Å²) in [4.78, 5) is 34.7. The van der Waals surface area contributed by atoms with Crippen LogP contribution >= 0.6 is 0 Å². The summed E-state index contributed by atoms with van der Waals surface area (Å²) in [5.41, 5.74) is 1.90. The van der Waals surface area contributed by atoms with Crippen molar-refractivity contribution in [3.63, 3.8) is 0 Å². The Labute approximate surface area is 157 Å². The second-order valence-corrected chi connectivity index (χ2v) is 7.75. The van der Waals surface area contributed by atoms with Crippen molar-refractivity contribution < 1.29 is 23.5 Å². The maximum atomic E-state index is 14.3. The van der Waals surface area contributed by atoms with Crippen LogP contribution in [0.15, 0.2) is 18.2 Å². The molecule has 4 N–H and O–H groups in total. The van der Waals surface area contributed by atoms with Crippen LogP contribution in [-0.4, -0.2) is 23.4 Å². The first-order valence-corrected chi connectivity index (χ1v) is 8.95. The minimum atomic E-state index is -1.06. The second kappa shape index (κ2) is 8.47. The molecule has 1 saturated carbocycles. The summed E-state index contributed by atoms with van der Waals surface area (Å²) >= 11 is 0. The zero-order valence-electron chi connectivity index (χ0n) is 15.8. The predicted molar refractivity (Wildman–Crippen MR) is 97.9 cm³/mol. The highest BCUT2D eigenvalue weighted by molar-refractivity contribution is 6.39. The summed E-state index contributed by atoms with van der Waals surface area (Å²) in [6.07, 6.45) is 2.89. The first-order valence-electron chi connectivity index (χ1n) is 8.95. The average Bonchev–Trinajstić information content (AvgIpc) is 2.61. The number of carbonyl (C=O) groups excluding carboxylic acids is 3. The molecular weight excluding hydrogens is 353 g/mol. The number of halogens is 1. The molecule has 0 heterocycles. The van der Waals surface area contributed by atoms with E-state index in [1.165, 1.54) is 12.1 Å². The summed E-state index contributed by atoms with van der Waals surface area (Å²) in [5.74, 6) is 1.97. The quantitative estimate of drug-likeness (QED) is 0.245. The van der Waals surface area contributed by atoms with Crippen molar-refractivity contribution in [2.75, 3.05) is 5.32 Å². The van der Waals surface area contributed by atoms with Crippen LogP contribution in [0, 0.1) is 11.7 Å². The maximum Gasteiger partial charge on any atom is 0.323 e. The van der Waals surface area contributed by atoms with E-state index < -0.39 is 23.2 Å². The Kier molecular flexibility index (Phi) is 6.54. The molecule has 0 aliphatic heterocycles. The summed E-state index contributed by atoms with van der Waals surface area (Å²) in [7, 11) is 0. The second-order valence-electron chi connectivity index (χ2n) is 7.75. The molecule has 1 aliphatic rings. The van der Waals surface area contributed by atoms with Gasteiger partial charge in [0.25, 0.3) is 0 Å². The fraction of sp³-hybridized carbons (Fsp3) is 0.526. The molecular formula is C19H26FN3O4. The van der Waals surface area contributed by atoms with Gasteiger partial charge in [0.2, 0.25) is 0 Å². The predicted octanol–water partition coefficient (Wildman–Crippen LogP) is 2.37. The molecule has 8 heteroatoms. The van der Waals surface area contributed by atoms with Crippen molar-refractivity contribution in [3.8, 4) is 0 Å². The molecule has 0 saturated heterocycles. The van der Waals surface area contributed by atoms with E-state index in [1.54, 1.807) is 11.5 Å². The number of hydrazine groups is 1. The molecule has 1 aromatic rings. The van der Waals surface area contributed by atoms with Gasteiger partial charge in [0.1, 0.15) is 11.4 Å². The largest absolute Gasteiger partial charge is 0.460 e. The number of nitrogens with two attached hydrogens (primary N) is 1. The van der Waals surface area contributed by atoms with Crippen LogP contribution in [0.5, 0.6) is 0 Å². The number of anilines is 1. The zero-order chi connectivity index (χ0) is 20.2. The van der Waals surface area contributed by atoms with Crippen molar-refractivity contribution in [2.45, 2.75) is 58.0 Å². The van der Waals surface area contributed by atoms with Gasteiger partial charge in [0.05, 0.1) is 11.6 Å². The molecule has 0 unspecified atom stereocenters. The minimum Gasteiger partial charge on any atom is -0.460 e. The normalized spacial score (nSPS) is 19.9. The molecule has 7 nitrogen and oxygen atoms in total. The third-order valence-electron chi connectivity index (χ3n) is 4.52. The van der Waals surface area contributed by atoms with E-state index in [1.807, 2.05) is 20.8 Å². The van der Waals surface area contributed by atoms with Gasteiger partial charge in [-0.05, 0) is 70.1 Å². The van der Waals surface area contributed by atoms with Crippen molar-refractivity contribution in [1.29, 1.82) is 0 Å². The summed E-state index contributed by atoms with van der Waals surface area (Å²) in [6, 6.07) is 4.50. The number of hydrogen-bond donors (Lipinski definition) is 3. The van der Waals surface area contributed by atoms with Crippen LogP contribution in [0.25, 0.3) is 0 Å². The molecule has 1 aliphatic carbocycles. The lowest BCUT2D eigenvalue weighted by Gasteiger charge is -2.30. The van der Waals surface area contributed by atoms with Crippen LogP contribution in [0.3, 0.4) is 0 Å². The molecule has 0 spiro atoms. The van der Waals surface area contributed by atoms with Gasteiger partial charge in [-0.3, -0.25) is 19.8 Å². The van der Waals surface area contributed by atoms with Crippen LogP contribution in [0.4, 0.5) is 10.1 Å². The maximum absolute atomic E-state index is 14.3. The summed E-state index contributed by atoms with van der Waals surface area (Å²) < 4.78 is 19.7. The van der Waals surface area contributed by atoms with Crippen LogP contribution < -0.4 is 16.6 Å². The monoisotopic (exact) mass is 379 g/mol. The van der Waals surface area contributed by atoms with Crippen molar-refractivity contribution in [3.05, 3.63) is 29.6 Å². The molecule has 148 valence electrons. The zero-order valence-corrected chi connectivity index (χ0v) is 15.8. The number of ether oxygens (including phenoxy) is 1. The van der Waals surface area contributed by atoms with E-state index in [0.29, 0.717) is 12.8 Å². The van der Waals surface area contributed by atoms with Gasteiger partial charge < -0.3 is 10.1 Å². The Morgan fingerprint density at radius 1 is 1.11 bits per heavy atom. The van der Waals surface area contributed by atoms with E-state index >= 15 is 0 Å². The number of rotatable bonds is 3. The summed E-state index contributed by atoms with van der Waals surface area (Å²) in [6.45, 7) is 5.53. The number of benzene rings is 1. The van der Waals surface area contributed by atoms with Gasteiger partial charge in [-0.25, -0.2) is 10.2 Å².